The third-order valence-electron chi connectivity index (χ3n) is 2.77. The van der Waals surface area contributed by atoms with Gasteiger partial charge in [-0.15, -0.1) is 0 Å². The van der Waals surface area contributed by atoms with Crippen molar-refractivity contribution >= 4 is 0 Å². The Hall–Kier alpha value is -1.32. The van der Waals surface area contributed by atoms with Crippen LogP contribution in [0.4, 0.5) is 8.78 Å². The third-order valence-corrected chi connectivity index (χ3v) is 2.77. The molecule has 0 aromatic heterocycles. The van der Waals surface area contributed by atoms with E-state index in [1.54, 1.807) is 6.92 Å². The maximum Gasteiger partial charge on any atom is 0.191 e. The van der Waals surface area contributed by atoms with E-state index in [0.29, 0.717) is 0 Å². The van der Waals surface area contributed by atoms with Crippen molar-refractivity contribution in [3.05, 3.63) is 23.8 Å². The molecule has 102 valence electrons. The fraction of sp³-hybridized carbons (Fsp3) is 0.571. The number of rotatable bonds is 7. The highest BCUT2D eigenvalue weighted by Crippen LogP contribution is 2.27. The van der Waals surface area contributed by atoms with Gasteiger partial charge in [-0.2, -0.15) is 0 Å². The Bertz CT molecular complexity index is 357. The summed E-state index contributed by atoms with van der Waals surface area (Å²) in [7, 11) is 0. The maximum atomic E-state index is 13.4. The molecular formula is C14H20F2O2. The molecule has 0 radical (unpaired) electrons. The zero-order valence-corrected chi connectivity index (χ0v) is 10.9. The minimum atomic E-state index is -0.868. The summed E-state index contributed by atoms with van der Waals surface area (Å²) in [4.78, 5) is 0. The molecule has 1 aromatic rings. The quantitative estimate of drug-likeness (QED) is 0.734. The van der Waals surface area contributed by atoms with E-state index in [4.69, 9.17) is 9.84 Å². The van der Waals surface area contributed by atoms with Crippen LogP contribution in [0.25, 0.3) is 0 Å². The number of phenols is 1. The first-order valence-corrected chi connectivity index (χ1v) is 6.39. The Morgan fingerprint density at radius 1 is 1.17 bits per heavy atom. The molecule has 0 bridgehead atoms. The highest BCUT2D eigenvalue weighted by atomic mass is 19.1. The van der Waals surface area contributed by atoms with Crippen LogP contribution >= 0.6 is 0 Å². The van der Waals surface area contributed by atoms with Crippen molar-refractivity contribution in [2.24, 2.45) is 0 Å². The molecule has 4 heteroatoms. The average Bonchev–Trinajstić information content (AvgIpc) is 2.29. The lowest BCUT2D eigenvalue weighted by molar-refractivity contribution is 0.187. The van der Waals surface area contributed by atoms with Gasteiger partial charge in [-0.1, -0.05) is 26.2 Å². The highest BCUT2D eigenvalue weighted by molar-refractivity contribution is 5.34. The monoisotopic (exact) mass is 258 g/mol. The number of ether oxygens (including phenoxy) is 1. The molecule has 1 N–H and O–H groups in total. The Balaban J connectivity index is 2.51. The summed E-state index contributed by atoms with van der Waals surface area (Å²) in [5, 5.41) is 9.02. The van der Waals surface area contributed by atoms with Crippen LogP contribution in [-0.2, 0) is 0 Å². The second kappa shape index (κ2) is 7.19. The molecule has 1 aromatic carbocycles. The molecule has 0 amide bonds. The molecule has 2 nitrogen and oxygen atoms in total. The first kappa shape index (κ1) is 14.7. The Labute approximate surface area is 107 Å². The Kier molecular flexibility index (Phi) is 5.89. The number of hydrogen-bond donors (Lipinski definition) is 1. The van der Waals surface area contributed by atoms with E-state index in [-0.39, 0.29) is 6.10 Å². The van der Waals surface area contributed by atoms with Gasteiger partial charge in [-0.05, 0) is 19.8 Å². The zero-order valence-electron chi connectivity index (χ0n) is 10.9. The molecule has 1 atom stereocenters. The molecule has 0 saturated heterocycles. The fourth-order valence-electron chi connectivity index (χ4n) is 1.78. The number of phenolic OH excluding ortho intramolecular Hbond substituents is 1. The number of aromatic hydroxyl groups is 1. The van der Waals surface area contributed by atoms with Gasteiger partial charge in [-0.25, -0.2) is 8.78 Å². The number of hydrogen-bond acceptors (Lipinski definition) is 2. The highest BCUT2D eigenvalue weighted by Gasteiger charge is 2.15. The van der Waals surface area contributed by atoms with Crippen LogP contribution in [-0.4, -0.2) is 11.2 Å². The van der Waals surface area contributed by atoms with Gasteiger partial charge in [0.25, 0.3) is 0 Å². The SMILES string of the molecule is CCCCCCC(C)Oc1c(F)cc(O)cc1F. The van der Waals surface area contributed by atoms with Crippen LogP contribution in [0.1, 0.15) is 46.0 Å². The summed E-state index contributed by atoms with van der Waals surface area (Å²) in [6.07, 6.45) is 4.92. The van der Waals surface area contributed by atoms with E-state index in [0.717, 1.165) is 44.2 Å². The van der Waals surface area contributed by atoms with Gasteiger partial charge in [0, 0.05) is 12.1 Å². The summed E-state index contributed by atoms with van der Waals surface area (Å²) >= 11 is 0. The first-order chi connectivity index (χ1) is 8.54. The van der Waals surface area contributed by atoms with E-state index in [9.17, 15) is 8.78 Å². The maximum absolute atomic E-state index is 13.4. The molecule has 18 heavy (non-hydrogen) atoms. The van der Waals surface area contributed by atoms with Gasteiger partial charge in [0.2, 0.25) is 0 Å². The molecule has 0 aliphatic carbocycles. The third kappa shape index (κ3) is 4.51. The van der Waals surface area contributed by atoms with E-state index in [1.165, 1.54) is 0 Å². The largest absolute Gasteiger partial charge is 0.508 e. The van der Waals surface area contributed by atoms with Crippen LogP contribution in [0.2, 0.25) is 0 Å². The van der Waals surface area contributed by atoms with Gasteiger partial charge >= 0.3 is 0 Å². The van der Waals surface area contributed by atoms with Crippen molar-refractivity contribution in [3.8, 4) is 11.5 Å². The van der Waals surface area contributed by atoms with Crippen LogP contribution in [0.15, 0.2) is 12.1 Å². The second-order valence-electron chi connectivity index (χ2n) is 4.52. The number of halogens is 2. The van der Waals surface area contributed by atoms with Crippen molar-refractivity contribution in [1.82, 2.24) is 0 Å². The minimum Gasteiger partial charge on any atom is -0.508 e. The molecule has 0 spiro atoms. The van der Waals surface area contributed by atoms with Gasteiger partial charge in [-0.3, -0.25) is 0 Å². The lowest BCUT2D eigenvalue weighted by atomic mass is 10.1. The predicted octanol–water partition coefficient (Wildman–Crippen LogP) is 4.41. The number of unbranched alkanes of at least 4 members (excludes halogenated alkanes) is 3. The molecule has 0 fully saturated rings. The Morgan fingerprint density at radius 2 is 1.78 bits per heavy atom. The summed E-state index contributed by atoms with van der Waals surface area (Å²) in [5.74, 6) is -2.58. The smallest absolute Gasteiger partial charge is 0.191 e. The van der Waals surface area contributed by atoms with E-state index in [2.05, 4.69) is 6.92 Å². The van der Waals surface area contributed by atoms with Crippen molar-refractivity contribution in [2.45, 2.75) is 52.1 Å². The minimum absolute atomic E-state index is 0.240. The van der Waals surface area contributed by atoms with E-state index >= 15 is 0 Å². The molecule has 0 aliphatic rings. The van der Waals surface area contributed by atoms with Crippen molar-refractivity contribution in [1.29, 1.82) is 0 Å². The zero-order chi connectivity index (χ0) is 13.5. The molecular weight excluding hydrogens is 238 g/mol. The lowest BCUT2D eigenvalue weighted by Crippen LogP contribution is -2.13. The molecule has 0 saturated carbocycles. The molecule has 0 heterocycles. The van der Waals surface area contributed by atoms with Crippen LogP contribution in [0, 0.1) is 11.6 Å². The standard InChI is InChI=1S/C14H20F2O2/c1-3-4-5-6-7-10(2)18-14-12(15)8-11(17)9-13(14)16/h8-10,17H,3-7H2,1-2H3. The van der Waals surface area contributed by atoms with Gasteiger partial charge in [0.1, 0.15) is 5.75 Å². The van der Waals surface area contributed by atoms with E-state index < -0.39 is 23.1 Å². The predicted molar refractivity (Wildman–Crippen MR) is 66.9 cm³/mol. The van der Waals surface area contributed by atoms with Crippen molar-refractivity contribution in [2.75, 3.05) is 0 Å². The summed E-state index contributed by atoms with van der Waals surface area (Å²) in [6.45, 7) is 3.92. The normalized spacial score (nSPS) is 12.4. The number of benzene rings is 1. The van der Waals surface area contributed by atoms with E-state index in [1.807, 2.05) is 0 Å². The molecule has 0 aliphatic heterocycles. The second-order valence-corrected chi connectivity index (χ2v) is 4.52. The van der Waals surface area contributed by atoms with Crippen LogP contribution in [0.3, 0.4) is 0 Å². The Morgan fingerprint density at radius 3 is 2.33 bits per heavy atom. The first-order valence-electron chi connectivity index (χ1n) is 6.39. The van der Waals surface area contributed by atoms with Crippen LogP contribution < -0.4 is 4.74 Å². The van der Waals surface area contributed by atoms with Crippen LogP contribution in [0.5, 0.6) is 11.5 Å². The topological polar surface area (TPSA) is 29.5 Å². The molecule has 1 unspecified atom stereocenters. The fourth-order valence-corrected chi connectivity index (χ4v) is 1.78. The van der Waals surface area contributed by atoms with Gasteiger partial charge in [0.05, 0.1) is 6.10 Å². The molecule has 1 rings (SSSR count). The summed E-state index contributed by atoms with van der Waals surface area (Å²) < 4.78 is 32.0. The summed E-state index contributed by atoms with van der Waals surface area (Å²) in [5.41, 5.74) is 0. The van der Waals surface area contributed by atoms with Gasteiger partial charge in [0.15, 0.2) is 17.4 Å². The van der Waals surface area contributed by atoms with Crippen molar-refractivity contribution < 1.29 is 18.6 Å². The average molecular weight is 258 g/mol. The van der Waals surface area contributed by atoms with Gasteiger partial charge < -0.3 is 9.84 Å². The summed E-state index contributed by atoms with van der Waals surface area (Å²) in [6, 6.07) is 1.70. The van der Waals surface area contributed by atoms with Crippen molar-refractivity contribution in [3.63, 3.8) is 0 Å². The lowest BCUT2D eigenvalue weighted by Gasteiger charge is -2.15.